The topological polar surface area (TPSA) is 39.3 Å². The van der Waals surface area contributed by atoms with Crippen LogP contribution in [0.4, 0.5) is 0 Å². The molecule has 1 aliphatic rings. The van der Waals surface area contributed by atoms with E-state index < -0.39 is 0 Å². The van der Waals surface area contributed by atoms with Crippen molar-refractivity contribution in [2.45, 2.75) is 6.54 Å². The summed E-state index contributed by atoms with van der Waals surface area (Å²) in [5, 5.41) is 0. The number of aromatic nitrogens is 1. The van der Waals surface area contributed by atoms with Gasteiger partial charge in [0.2, 0.25) is 0 Å². The molecule has 2 aromatic heterocycles. The van der Waals surface area contributed by atoms with Gasteiger partial charge in [-0.3, -0.25) is 9.69 Å². The van der Waals surface area contributed by atoms with Gasteiger partial charge in [-0.05, 0) is 42.0 Å². The Morgan fingerprint density at radius 1 is 1.07 bits per heavy atom. The van der Waals surface area contributed by atoms with Gasteiger partial charge in [-0.15, -0.1) is 11.3 Å². The summed E-state index contributed by atoms with van der Waals surface area (Å²) in [5.74, 6) is 0.0233. The zero-order chi connectivity index (χ0) is 19.5. The number of hydrogen-bond donors (Lipinski definition) is 1. The standard InChI is InChI=1S/C21H20BrN3OS2/c22-16-5-3-15(4-6-16)19-8-7-17(28-19)14-24-10-12-25(13-11-24)21(26)18-2-1-9-23-20(18)27/h1-9H,10-14H2,(H,23,27). The number of rotatable bonds is 4. The van der Waals surface area contributed by atoms with Crippen LogP contribution in [0.15, 0.2) is 59.2 Å². The third kappa shape index (κ3) is 4.43. The first-order valence-corrected chi connectivity index (χ1v) is 11.2. The minimum atomic E-state index is 0.0233. The second kappa shape index (κ2) is 8.69. The highest BCUT2D eigenvalue weighted by Crippen LogP contribution is 2.30. The van der Waals surface area contributed by atoms with Crippen molar-refractivity contribution in [1.82, 2.24) is 14.8 Å². The average Bonchev–Trinajstić information content (AvgIpc) is 3.17. The van der Waals surface area contributed by atoms with Gasteiger partial charge in [-0.1, -0.05) is 40.3 Å². The average molecular weight is 474 g/mol. The second-order valence-corrected chi connectivity index (χ2v) is 9.25. The monoisotopic (exact) mass is 473 g/mol. The predicted octanol–water partition coefficient (Wildman–Crippen LogP) is 5.19. The molecule has 1 aromatic carbocycles. The number of piperazine rings is 1. The molecule has 3 heterocycles. The molecule has 4 rings (SSSR count). The summed E-state index contributed by atoms with van der Waals surface area (Å²) in [7, 11) is 0. The fourth-order valence-corrected chi connectivity index (χ4v) is 4.87. The number of nitrogens with zero attached hydrogens (tertiary/aromatic N) is 2. The van der Waals surface area contributed by atoms with E-state index in [2.05, 4.69) is 62.2 Å². The summed E-state index contributed by atoms with van der Waals surface area (Å²) in [5.41, 5.74) is 1.83. The number of carbonyl (C=O) groups excluding carboxylic acids is 1. The van der Waals surface area contributed by atoms with Crippen LogP contribution in [0.1, 0.15) is 15.2 Å². The second-order valence-electron chi connectivity index (χ2n) is 6.75. The molecule has 0 atom stereocenters. The van der Waals surface area contributed by atoms with Gasteiger partial charge in [-0.25, -0.2) is 0 Å². The third-order valence-corrected chi connectivity index (χ3v) is 6.86. The summed E-state index contributed by atoms with van der Waals surface area (Å²) < 4.78 is 1.60. The molecule has 1 fully saturated rings. The summed E-state index contributed by atoms with van der Waals surface area (Å²) in [4.78, 5) is 22.6. The fourth-order valence-electron chi connectivity index (χ4n) is 3.32. The smallest absolute Gasteiger partial charge is 0.256 e. The van der Waals surface area contributed by atoms with E-state index in [4.69, 9.17) is 12.2 Å². The molecule has 0 unspecified atom stereocenters. The molecule has 28 heavy (non-hydrogen) atoms. The van der Waals surface area contributed by atoms with Gasteiger partial charge in [0, 0.05) is 53.1 Å². The van der Waals surface area contributed by atoms with Crippen LogP contribution < -0.4 is 0 Å². The highest BCUT2D eigenvalue weighted by atomic mass is 79.9. The first-order chi connectivity index (χ1) is 13.6. The maximum absolute atomic E-state index is 12.7. The van der Waals surface area contributed by atoms with Crippen LogP contribution in [-0.4, -0.2) is 46.9 Å². The third-order valence-electron chi connectivity index (χ3n) is 4.88. The van der Waals surface area contributed by atoms with E-state index in [-0.39, 0.29) is 5.91 Å². The Morgan fingerprint density at radius 2 is 1.82 bits per heavy atom. The van der Waals surface area contributed by atoms with E-state index in [1.165, 1.54) is 15.3 Å². The minimum Gasteiger partial charge on any atom is -0.352 e. The Hall–Kier alpha value is -1.80. The lowest BCUT2D eigenvalue weighted by Crippen LogP contribution is -2.48. The van der Waals surface area contributed by atoms with Crippen molar-refractivity contribution in [3.63, 3.8) is 0 Å². The van der Waals surface area contributed by atoms with Crippen molar-refractivity contribution >= 4 is 45.4 Å². The SMILES string of the molecule is O=C(c1ccc[nH]c1=S)N1CCN(Cc2ccc(-c3ccc(Br)cc3)s2)CC1. The number of nitrogens with one attached hydrogen (secondary N) is 1. The summed E-state index contributed by atoms with van der Waals surface area (Å²) in [6, 6.07) is 16.4. The molecule has 0 radical (unpaired) electrons. The molecule has 0 aliphatic carbocycles. The Kier molecular flexibility index (Phi) is 6.06. The van der Waals surface area contributed by atoms with Crippen LogP contribution in [0, 0.1) is 4.64 Å². The summed E-state index contributed by atoms with van der Waals surface area (Å²) >= 11 is 10.6. The Balaban J connectivity index is 1.35. The summed E-state index contributed by atoms with van der Waals surface area (Å²) in [6.45, 7) is 4.14. The molecule has 0 spiro atoms. The first-order valence-electron chi connectivity index (χ1n) is 9.14. The van der Waals surface area contributed by atoms with Gasteiger partial charge in [-0.2, -0.15) is 0 Å². The highest BCUT2D eigenvalue weighted by molar-refractivity contribution is 9.10. The van der Waals surface area contributed by atoms with E-state index >= 15 is 0 Å². The van der Waals surface area contributed by atoms with Crippen LogP contribution in [-0.2, 0) is 6.54 Å². The van der Waals surface area contributed by atoms with Crippen LogP contribution in [0.25, 0.3) is 10.4 Å². The van der Waals surface area contributed by atoms with Gasteiger partial charge in [0.15, 0.2) is 0 Å². The van der Waals surface area contributed by atoms with Gasteiger partial charge in [0.1, 0.15) is 4.64 Å². The van der Waals surface area contributed by atoms with Crippen molar-refractivity contribution in [3.05, 3.63) is 74.3 Å². The molecule has 0 saturated carbocycles. The van der Waals surface area contributed by atoms with Gasteiger partial charge in [0.25, 0.3) is 5.91 Å². The molecular weight excluding hydrogens is 454 g/mol. The maximum Gasteiger partial charge on any atom is 0.256 e. The van der Waals surface area contributed by atoms with Crippen LogP contribution in [0.3, 0.4) is 0 Å². The fraction of sp³-hybridized carbons (Fsp3) is 0.238. The van der Waals surface area contributed by atoms with Crippen LogP contribution in [0.2, 0.25) is 0 Å². The predicted molar refractivity (Wildman–Crippen MR) is 120 cm³/mol. The molecular formula is C21H20BrN3OS2. The number of H-pyrrole nitrogens is 1. The van der Waals surface area contributed by atoms with Crippen LogP contribution in [0.5, 0.6) is 0 Å². The molecule has 4 nitrogen and oxygen atoms in total. The molecule has 1 aliphatic heterocycles. The summed E-state index contributed by atoms with van der Waals surface area (Å²) in [6.07, 6.45) is 1.75. The van der Waals surface area contributed by atoms with E-state index in [9.17, 15) is 4.79 Å². The first kappa shape index (κ1) is 19.5. The van der Waals surface area contributed by atoms with Gasteiger partial charge < -0.3 is 9.88 Å². The molecule has 144 valence electrons. The number of amides is 1. The normalized spacial score (nSPS) is 15.0. The maximum atomic E-state index is 12.7. The van der Waals surface area contributed by atoms with Gasteiger partial charge in [0.05, 0.1) is 5.56 Å². The Labute approximate surface area is 181 Å². The lowest BCUT2D eigenvalue weighted by molar-refractivity contribution is 0.0628. The van der Waals surface area contributed by atoms with E-state index in [0.29, 0.717) is 10.2 Å². The van der Waals surface area contributed by atoms with Gasteiger partial charge >= 0.3 is 0 Å². The molecule has 3 aromatic rings. The largest absolute Gasteiger partial charge is 0.352 e. The minimum absolute atomic E-state index is 0.0233. The molecule has 1 amide bonds. The number of benzene rings is 1. The molecule has 7 heteroatoms. The number of halogens is 1. The van der Waals surface area contributed by atoms with Crippen molar-refractivity contribution in [1.29, 1.82) is 0 Å². The zero-order valence-corrected chi connectivity index (χ0v) is 18.4. The quantitative estimate of drug-likeness (QED) is 0.529. The number of thiophene rings is 1. The van der Waals surface area contributed by atoms with E-state index in [1.54, 1.807) is 12.3 Å². The van der Waals surface area contributed by atoms with Crippen LogP contribution >= 0.6 is 39.5 Å². The number of pyridine rings is 1. The molecule has 0 bridgehead atoms. The number of carbonyl (C=O) groups is 1. The lowest BCUT2D eigenvalue weighted by Gasteiger charge is -2.34. The van der Waals surface area contributed by atoms with E-state index in [0.717, 1.165) is 37.2 Å². The molecule has 1 N–H and O–H groups in total. The highest BCUT2D eigenvalue weighted by Gasteiger charge is 2.23. The zero-order valence-electron chi connectivity index (χ0n) is 15.2. The van der Waals surface area contributed by atoms with Crippen molar-refractivity contribution < 1.29 is 4.79 Å². The van der Waals surface area contributed by atoms with Crippen molar-refractivity contribution in [3.8, 4) is 10.4 Å². The van der Waals surface area contributed by atoms with E-state index in [1.807, 2.05) is 22.3 Å². The number of aromatic amines is 1. The molecule has 1 saturated heterocycles. The Bertz CT molecular complexity index is 1020. The van der Waals surface area contributed by atoms with Crippen molar-refractivity contribution in [2.24, 2.45) is 0 Å². The lowest BCUT2D eigenvalue weighted by atomic mass is 10.2. The Morgan fingerprint density at radius 3 is 2.54 bits per heavy atom. The number of hydrogen-bond acceptors (Lipinski definition) is 4. The van der Waals surface area contributed by atoms with Crippen molar-refractivity contribution in [2.75, 3.05) is 26.2 Å².